The summed E-state index contributed by atoms with van der Waals surface area (Å²) >= 11 is 1.65. The molecule has 2 rings (SSSR count). The van der Waals surface area contributed by atoms with Crippen LogP contribution in [-0.2, 0) is 0 Å². The second kappa shape index (κ2) is 5.98. The van der Waals surface area contributed by atoms with Crippen molar-refractivity contribution in [2.24, 2.45) is 5.73 Å². The average Bonchev–Trinajstić information content (AvgIpc) is 2.89. The van der Waals surface area contributed by atoms with Crippen molar-refractivity contribution in [3.63, 3.8) is 0 Å². The number of rotatable bonds is 5. The number of benzene rings is 1. The molecule has 2 unspecified atom stereocenters. The summed E-state index contributed by atoms with van der Waals surface area (Å²) in [4.78, 5) is 1.09. The Bertz CT molecular complexity index is 482. The molecule has 0 fully saturated rings. The van der Waals surface area contributed by atoms with Gasteiger partial charge < -0.3 is 14.9 Å². The predicted molar refractivity (Wildman–Crippen MR) is 73.9 cm³/mol. The Balaban J connectivity index is 2.24. The normalized spacial score (nSPS) is 14.2. The highest BCUT2D eigenvalue weighted by molar-refractivity contribution is 7.98. The number of ether oxygens (including phenoxy) is 1. The van der Waals surface area contributed by atoms with Crippen molar-refractivity contribution in [1.29, 1.82) is 0 Å². The van der Waals surface area contributed by atoms with Crippen LogP contribution >= 0.6 is 11.8 Å². The molecule has 4 heteroatoms. The van der Waals surface area contributed by atoms with E-state index in [2.05, 4.69) is 0 Å². The standard InChI is InChI=1S/C14H17NO2S/c1-10(15)14(12-7-5-9-16-12)17-11-6-3-4-8-13(11)18-2/h3-10,14H,15H2,1-2H3. The van der Waals surface area contributed by atoms with Gasteiger partial charge in [0.15, 0.2) is 6.10 Å². The lowest BCUT2D eigenvalue weighted by atomic mass is 10.1. The summed E-state index contributed by atoms with van der Waals surface area (Å²) in [6.07, 6.45) is 3.39. The minimum Gasteiger partial charge on any atom is -0.480 e. The van der Waals surface area contributed by atoms with Crippen molar-refractivity contribution in [2.75, 3.05) is 6.26 Å². The number of thioether (sulfide) groups is 1. The van der Waals surface area contributed by atoms with Crippen LogP contribution in [0.3, 0.4) is 0 Å². The van der Waals surface area contributed by atoms with E-state index in [4.69, 9.17) is 14.9 Å². The minimum absolute atomic E-state index is 0.147. The van der Waals surface area contributed by atoms with Gasteiger partial charge in [-0.05, 0) is 37.4 Å². The molecule has 2 atom stereocenters. The molecule has 0 bridgehead atoms. The first-order chi connectivity index (χ1) is 8.72. The van der Waals surface area contributed by atoms with Gasteiger partial charge in [-0.2, -0.15) is 0 Å². The van der Waals surface area contributed by atoms with Gasteiger partial charge in [-0.25, -0.2) is 0 Å². The zero-order valence-corrected chi connectivity index (χ0v) is 11.3. The summed E-state index contributed by atoms with van der Waals surface area (Å²) in [5.41, 5.74) is 5.98. The highest BCUT2D eigenvalue weighted by Crippen LogP contribution is 2.32. The zero-order valence-electron chi connectivity index (χ0n) is 10.5. The smallest absolute Gasteiger partial charge is 0.171 e. The number of furan rings is 1. The van der Waals surface area contributed by atoms with Crippen molar-refractivity contribution >= 4 is 11.8 Å². The van der Waals surface area contributed by atoms with Crippen LogP contribution in [0.15, 0.2) is 52.0 Å². The third-order valence-corrected chi connectivity index (χ3v) is 3.40. The Kier molecular flexibility index (Phi) is 4.33. The Morgan fingerprint density at radius 3 is 2.61 bits per heavy atom. The molecule has 1 heterocycles. The third-order valence-electron chi connectivity index (χ3n) is 2.62. The van der Waals surface area contributed by atoms with Gasteiger partial charge in [-0.3, -0.25) is 0 Å². The maximum Gasteiger partial charge on any atom is 0.171 e. The summed E-state index contributed by atoms with van der Waals surface area (Å²) in [5.74, 6) is 1.59. The second-order valence-electron chi connectivity index (χ2n) is 4.06. The molecule has 0 saturated heterocycles. The van der Waals surface area contributed by atoms with Crippen LogP contribution in [0.1, 0.15) is 18.8 Å². The molecule has 2 aromatic rings. The van der Waals surface area contributed by atoms with Gasteiger partial charge in [0.05, 0.1) is 6.26 Å². The maximum atomic E-state index is 6.00. The van der Waals surface area contributed by atoms with E-state index in [9.17, 15) is 0 Å². The lowest BCUT2D eigenvalue weighted by molar-refractivity contribution is 0.149. The molecule has 0 saturated carbocycles. The lowest BCUT2D eigenvalue weighted by Gasteiger charge is -2.21. The van der Waals surface area contributed by atoms with Crippen molar-refractivity contribution in [3.8, 4) is 5.75 Å². The van der Waals surface area contributed by atoms with Gasteiger partial charge in [0.1, 0.15) is 11.5 Å². The van der Waals surface area contributed by atoms with Gasteiger partial charge in [-0.15, -0.1) is 11.8 Å². The molecule has 0 aliphatic carbocycles. The Labute approximate surface area is 111 Å². The van der Waals surface area contributed by atoms with Crippen LogP contribution in [0.4, 0.5) is 0 Å². The fourth-order valence-corrected chi connectivity index (χ4v) is 2.26. The van der Waals surface area contributed by atoms with Crippen molar-refractivity contribution in [3.05, 3.63) is 48.4 Å². The van der Waals surface area contributed by atoms with Gasteiger partial charge in [-0.1, -0.05) is 12.1 Å². The average molecular weight is 263 g/mol. The highest BCUT2D eigenvalue weighted by atomic mass is 32.2. The molecule has 96 valence electrons. The van der Waals surface area contributed by atoms with Gasteiger partial charge in [0, 0.05) is 10.9 Å². The summed E-state index contributed by atoms with van der Waals surface area (Å²) in [7, 11) is 0. The predicted octanol–water partition coefficient (Wildman–Crippen LogP) is 3.47. The molecule has 0 amide bonds. The SMILES string of the molecule is CSc1ccccc1OC(c1ccco1)C(C)N. The number of nitrogens with two attached hydrogens (primary N) is 1. The number of hydrogen-bond donors (Lipinski definition) is 1. The fourth-order valence-electron chi connectivity index (χ4n) is 1.73. The first kappa shape index (κ1) is 13.1. The molecule has 0 radical (unpaired) electrons. The molecule has 3 nitrogen and oxygen atoms in total. The van der Waals surface area contributed by atoms with Gasteiger partial charge >= 0.3 is 0 Å². The number of hydrogen-bond acceptors (Lipinski definition) is 4. The van der Waals surface area contributed by atoms with Crippen molar-refractivity contribution in [1.82, 2.24) is 0 Å². The number of para-hydroxylation sites is 1. The maximum absolute atomic E-state index is 6.00. The zero-order chi connectivity index (χ0) is 13.0. The summed E-state index contributed by atoms with van der Waals surface area (Å²) in [6.45, 7) is 1.91. The molecule has 0 aliphatic rings. The first-order valence-electron chi connectivity index (χ1n) is 5.81. The van der Waals surface area contributed by atoms with E-state index in [1.165, 1.54) is 0 Å². The molecule has 1 aromatic heterocycles. The van der Waals surface area contributed by atoms with E-state index in [1.807, 2.05) is 49.6 Å². The van der Waals surface area contributed by atoms with Crippen LogP contribution in [-0.4, -0.2) is 12.3 Å². The Hall–Kier alpha value is -1.39. The van der Waals surface area contributed by atoms with E-state index < -0.39 is 0 Å². The summed E-state index contributed by atoms with van der Waals surface area (Å²) in [5, 5.41) is 0. The van der Waals surface area contributed by atoms with Gasteiger partial charge in [0.25, 0.3) is 0 Å². The minimum atomic E-state index is -0.270. The quantitative estimate of drug-likeness (QED) is 0.839. The van der Waals surface area contributed by atoms with E-state index in [0.717, 1.165) is 16.4 Å². The first-order valence-corrected chi connectivity index (χ1v) is 7.03. The molecule has 0 aliphatic heterocycles. The van der Waals surface area contributed by atoms with Crippen molar-refractivity contribution < 1.29 is 9.15 Å². The molecule has 0 spiro atoms. The van der Waals surface area contributed by atoms with Crippen LogP contribution in [0.25, 0.3) is 0 Å². The topological polar surface area (TPSA) is 48.4 Å². The van der Waals surface area contributed by atoms with Crippen LogP contribution < -0.4 is 10.5 Å². The summed E-state index contributed by atoms with van der Waals surface area (Å²) < 4.78 is 11.4. The van der Waals surface area contributed by atoms with Crippen LogP contribution in [0, 0.1) is 0 Å². The van der Waals surface area contributed by atoms with Crippen LogP contribution in [0.5, 0.6) is 5.75 Å². The van der Waals surface area contributed by atoms with Crippen molar-refractivity contribution in [2.45, 2.75) is 24.0 Å². The monoisotopic (exact) mass is 263 g/mol. The molecule has 18 heavy (non-hydrogen) atoms. The lowest BCUT2D eigenvalue weighted by Crippen LogP contribution is -2.28. The van der Waals surface area contributed by atoms with E-state index >= 15 is 0 Å². The molecular formula is C14H17NO2S. The second-order valence-corrected chi connectivity index (χ2v) is 4.91. The highest BCUT2D eigenvalue weighted by Gasteiger charge is 2.21. The Morgan fingerprint density at radius 1 is 1.22 bits per heavy atom. The Morgan fingerprint density at radius 2 is 2.00 bits per heavy atom. The van der Waals surface area contributed by atoms with E-state index in [1.54, 1.807) is 18.0 Å². The largest absolute Gasteiger partial charge is 0.480 e. The van der Waals surface area contributed by atoms with E-state index in [-0.39, 0.29) is 12.1 Å². The summed E-state index contributed by atoms with van der Waals surface area (Å²) in [6, 6.07) is 11.5. The third kappa shape index (κ3) is 2.89. The molecule has 2 N–H and O–H groups in total. The molecular weight excluding hydrogens is 246 g/mol. The fraction of sp³-hybridized carbons (Fsp3) is 0.286. The van der Waals surface area contributed by atoms with E-state index in [0.29, 0.717) is 0 Å². The van der Waals surface area contributed by atoms with Gasteiger partial charge in [0.2, 0.25) is 0 Å². The van der Waals surface area contributed by atoms with Crippen LogP contribution in [0.2, 0.25) is 0 Å². The molecule has 1 aromatic carbocycles.